The summed E-state index contributed by atoms with van der Waals surface area (Å²) in [5, 5.41) is 11.7. The van der Waals surface area contributed by atoms with Crippen molar-refractivity contribution in [3.8, 4) is 0 Å². The minimum absolute atomic E-state index is 0.244. The molecule has 1 rings (SSSR count). The number of aliphatic hydroxyl groups is 1. The first-order valence-electron chi connectivity index (χ1n) is 3.70. The molecule has 64 valence electrons. The van der Waals surface area contributed by atoms with Gasteiger partial charge in [-0.2, -0.15) is 0 Å². The van der Waals surface area contributed by atoms with Crippen molar-refractivity contribution in [1.82, 2.24) is 5.32 Å². The van der Waals surface area contributed by atoms with E-state index in [4.69, 9.17) is 0 Å². The molecule has 0 bridgehead atoms. The number of benzene rings is 1. The lowest BCUT2D eigenvalue weighted by Crippen LogP contribution is -2.25. The number of hydrogen-bond donors (Lipinski definition) is 2. The van der Waals surface area contributed by atoms with Gasteiger partial charge in [-0.25, -0.2) is 0 Å². The van der Waals surface area contributed by atoms with Gasteiger partial charge in [-0.05, 0) is 0 Å². The summed E-state index contributed by atoms with van der Waals surface area (Å²) in [5.74, 6) is -0.244. The standard InChI is InChI=1S/C9H11NO2/c1-7(11)10-9(12)8-5-3-2-4-6-8/h2-6,9,12H,1H3,(H,10,11)/t9-/m1/s1. The highest BCUT2D eigenvalue weighted by molar-refractivity contribution is 5.73. The third-order valence-corrected chi connectivity index (χ3v) is 1.46. The lowest BCUT2D eigenvalue weighted by atomic mass is 10.2. The first kappa shape index (κ1) is 8.74. The molecule has 0 aliphatic carbocycles. The van der Waals surface area contributed by atoms with Crippen molar-refractivity contribution in [1.29, 1.82) is 0 Å². The van der Waals surface area contributed by atoms with E-state index in [1.807, 2.05) is 6.07 Å². The second-order valence-electron chi connectivity index (χ2n) is 2.51. The Kier molecular flexibility index (Phi) is 2.82. The van der Waals surface area contributed by atoms with Gasteiger partial charge in [-0.3, -0.25) is 4.79 Å². The van der Waals surface area contributed by atoms with E-state index in [2.05, 4.69) is 5.32 Å². The summed E-state index contributed by atoms with van der Waals surface area (Å²) in [6, 6.07) is 8.96. The lowest BCUT2D eigenvalue weighted by Gasteiger charge is -2.10. The zero-order chi connectivity index (χ0) is 8.97. The molecule has 0 saturated carbocycles. The Bertz CT molecular complexity index is 258. The van der Waals surface area contributed by atoms with Crippen LogP contribution in [-0.2, 0) is 4.79 Å². The van der Waals surface area contributed by atoms with Crippen LogP contribution in [0.1, 0.15) is 18.7 Å². The molecule has 1 amide bonds. The molecule has 0 heterocycles. The van der Waals surface area contributed by atoms with Gasteiger partial charge in [0.1, 0.15) is 0 Å². The van der Waals surface area contributed by atoms with Crippen molar-refractivity contribution in [2.75, 3.05) is 0 Å². The van der Waals surface area contributed by atoms with Gasteiger partial charge in [0, 0.05) is 12.5 Å². The summed E-state index contributed by atoms with van der Waals surface area (Å²) in [6.45, 7) is 1.37. The number of aliphatic hydroxyl groups excluding tert-OH is 1. The van der Waals surface area contributed by atoms with Crippen LogP contribution in [0.2, 0.25) is 0 Å². The fraction of sp³-hybridized carbons (Fsp3) is 0.222. The van der Waals surface area contributed by atoms with Crippen LogP contribution >= 0.6 is 0 Å². The lowest BCUT2D eigenvalue weighted by molar-refractivity contribution is -0.122. The van der Waals surface area contributed by atoms with Gasteiger partial charge in [0.05, 0.1) is 0 Å². The number of carbonyl (C=O) groups is 1. The minimum Gasteiger partial charge on any atom is -0.369 e. The Hall–Kier alpha value is -1.35. The molecule has 12 heavy (non-hydrogen) atoms. The van der Waals surface area contributed by atoms with Crippen molar-refractivity contribution >= 4 is 5.91 Å². The molecular formula is C9H11NO2. The first-order valence-corrected chi connectivity index (χ1v) is 3.70. The van der Waals surface area contributed by atoms with Crippen LogP contribution in [0, 0.1) is 0 Å². The molecule has 0 spiro atoms. The smallest absolute Gasteiger partial charge is 0.219 e. The van der Waals surface area contributed by atoms with Crippen molar-refractivity contribution in [3.05, 3.63) is 35.9 Å². The van der Waals surface area contributed by atoms with E-state index in [1.54, 1.807) is 24.3 Å². The molecule has 0 aliphatic heterocycles. The fourth-order valence-corrected chi connectivity index (χ4v) is 0.911. The van der Waals surface area contributed by atoms with Gasteiger partial charge in [0.2, 0.25) is 5.91 Å². The van der Waals surface area contributed by atoms with Crippen LogP contribution in [-0.4, -0.2) is 11.0 Å². The Balaban J connectivity index is 2.65. The largest absolute Gasteiger partial charge is 0.369 e. The normalized spacial score (nSPS) is 12.2. The highest BCUT2D eigenvalue weighted by atomic mass is 16.3. The van der Waals surface area contributed by atoms with Crippen molar-refractivity contribution in [2.24, 2.45) is 0 Å². The quantitative estimate of drug-likeness (QED) is 0.637. The van der Waals surface area contributed by atoms with Gasteiger partial charge in [0.15, 0.2) is 6.23 Å². The average Bonchev–Trinajstić information content (AvgIpc) is 2.05. The zero-order valence-electron chi connectivity index (χ0n) is 6.82. The van der Waals surface area contributed by atoms with Crippen molar-refractivity contribution in [2.45, 2.75) is 13.2 Å². The molecule has 3 nitrogen and oxygen atoms in total. The van der Waals surface area contributed by atoms with Crippen LogP contribution < -0.4 is 5.32 Å². The van der Waals surface area contributed by atoms with Crippen LogP contribution in [0.25, 0.3) is 0 Å². The molecule has 1 atom stereocenters. The molecule has 2 N–H and O–H groups in total. The number of amides is 1. The summed E-state index contributed by atoms with van der Waals surface area (Å²) < 4.78 is 0. The Labute approximate surface area is 71.0 Å². The first-order chi connectivity index (χ1) is 5.70. The monoisotopic (exact) mass is 165 g/mol. The van der Waals surface area contributed by atoms with E-state index < -0.39 is 6.23 Å². The molecule has 1 aromatic rings. The average molecular weight is 165 g/mol. The highest BCUT2D eigenvalue weighted by Crippen LogP contribution is 2.07. The summed E-state index contributed by atoms with van der Waals surface area (Å²) in [4.78, 5) is 10.6. The minimum atomic E-state index is -0.899. The summed E-state index contributed by atoms with van der Waals surface area (Å²) >= 11 is 0. The highest BCUT2D eigenvalue weighted by Gasteiger charge is 2.05. The number of rotatable bonds is 2. The Morgan fingerprint density at radius 3 is 2.50 bits per heavy atom. The SMILES string of the molecule is CC(=O)N[C@H](O)c1ccccc1. The molecule has 0 aromatic heterocycles. The van der Waals surface area contributed by atoms with Crippen molar-refractivity contribution < 1.29 is 9.90 Å². The number of nitrogens with one attached hydrogen (secondary N) is 1. The summed E-state index contributed by atoms with van der Waals surface area (Å²) in [5.41, 5.74) is 0.688. The predicted octanol–water partition coefficient (Wildman–Crippen LogP) is 0.814. The van der Waals surface area contributed by atoms with Gasteiger partial charge >= 0.3 is 0 Å². The van der Waals surface area contributed by atoms with E-state index in [-0.39, 0.29) is 5.91 Å². The van der Waals surface area contributed by atoms with Crippen LogP contribution in [0.3, 0.4) is 0 Å². The van der Waals surface area contributed by atoms with E-state index in [0.717, 1.165) is 0 Å². The molecule has 3 heteroatoms. The topological polar surface area (TPSA) is 49.3 Å². The summed E-state index contributed by atoms with van der Waals surface area (Å²) in [7, 11) is 0. The second kappa shape index (κ2) is 3.88. The molecule has 0 unspecified atom stereocenters. The van der Waals surface area contributed by atoms with Gasteiger partial charge in [-0.15, -0.1) is 0 Å². The van der Waals surface area contributed by atoms with E-state index >= 15 is 0 Å². The van der Waals surface area contributed by atoms with Gasteiger partial charge in [-0.1, -0.05) is 30.3 Å². The second-order valence-corrected chi connectivity index (χ2v) is 2.51. The van der Waals surface area contributed by atoms with Gasteiger partial charge in [0.25, 0.3) is 0 Å². The third kappa shape index (κ3) is 2.36. The molecule has 0 aliphatic rings. The molecular weight excluding hydrogens is 154 g/mol. The Morgan fingerprint density at radius 2 is 2.00 bits per heavy atom. The molecule has 0 radical (unpaired) electrons. The van der Waals surface area contributed by atoms with Gasteiger partial charge < -0.3 is 10.4 Å². The zero-order valence-corrected chi connectivity index (χ0v) is 6.82. The maximum absolute atomic E-state index is 10.6. The van der Waals surface area contributed by atoms with Crippen LogP contribution in [0.4, 0.5) is 0 Å². The molecule has 0 saturated heterocycles. The van der Waals surface area contributed by atoms with E-state index in [1.165, 1.54) is 6.92 Å². The predicted molar refractivity (Wildman–Crippen MR) is 45.2 cm³/mol. The molecule has 0 fully saturated rings. The Morgan fingerprint density at radius 1 is 1.42 bits per heavy atom. The number of carbonyl (C=O) groups excluding carboxylic acids is 1. The third-order valence-electron chi connectivity index (χ3n) is 1.46. The van der Waals surface area contributed by atoms with Crippen molar-refractivity contribution in [3.63, 3.8) is 0 Å². The molecule has 1 aromatic carbocycles. The number of hydrogen-bond acceptors (Lipinski definition) is 2. The maximum Gasteiger partial charge on any atom is 0.219 e. The van der Waals surface area contributed by atoms with E-state index in [0.29, 0.717) is 5.56 Å². The fourth-order valence-electron chi connectivity index (χ4n) is 0.911. The van der Waals surface area contributed by atoms with E-state index in [9.17, 15) is 9.90 Å². The summed E-state index contributed by atoms with van der Waals surface area (Å²) in [6.07, 6.45) is -0.899. The van der Waals surface area contributed by atoms with Crippen LogP contribution in [0.5, 0.6) is 0 Å². The maximum atomic E-state index is 10.6. The van der Waals surface area contributed by atoms with Crippen LogP contribution in [0.15, 0.2) is 30.3 Å².